The number of rotatable bonds is 5. The van der Waals surface area contributed by atoms with Crippen molar-refractivity contribution >= 4 is 11.9 Å². The fraction of sp³-hybridized carbons (Fsp3) is 0.556. The predicted molar refractivity (Wildman–Crippen MR) is 96.6 cm³/mol. The van der Waals surface area contributed by atoms with Gasteiger partial charge in [0, 0.05) is 45.3 Å². The minimum atomic E-state index is -0.470. The van der Waals surface area contributed by atoms with Crippen molar-refractivity contribution in [3.63, 3.8) is 0 Å². The molecule has 2 N–H and O–H groups in total. The third-order valence-electron chi connectivity index (χ3n) is 4.63. The second-order valence-corrected chi connectivity index (χ2v) is 6.37. The van der Waals surface area contributed by atoms with Crippen LogP contribution in [-0.2, 0) is 11.3 Å². The van der Waals surface area contributed by atoms with E-state index >= 15 is 0 Å². The SMILES string of the molecule is CNC(=O)NC(=O)[C@H](C)N1CCN(Cc2cc(C)ccc2OC)CC1. The molecule has 1 aliphatic rings. The lowest BCUT2D eigenvalue weighted by Crippen LogP contribution is -2.55. The highest BCUT2D eigenvalue weighted by atomic mass is 16.5. The van der Waals surface area contributed by atoms with Gasteiger partial charge in [0.05, 0.1) is 13.2 Å². The van der Waals surface area contributed by atoms with Crippen molar-refractivity contribution in [2.45, 2.75) is 26.4 Å². The molecule has 0 aromatic heterocycles. The number of carbonyl (C=O) groups is 2. The number of ether oxygens (including phenoxy) is 1. The average molecular weight is 348 g/mol. The molecule has 0 aliphatic carbocycles. The lowest BCUT2D eigenvalue weighted by Gasteiger charge is -2.37. The summed E-state index contributed by atoms with van der Waals surface area (Å²) in [6, 6.07) is 5.42. The summed E-state index contributed by atoms with van der Waals surface area (Å²) in [4.78, 5) is 27.8. The smallest absolute Gasteiger partial charge is 0.321 e. The van der Waals surface area contributed by atoms with Gasteiger partial charge in [0.2, 0.25) is 5.91 Å². The van der Waals surface area contributed by atoms with Crippen molar-refractivity contribution < 1.29 is 14.3 Å². The minimum Gasteiger partial charge on any atom is -0.496 e. The third kappa shape index (κ3) is 5.17. The number of aryl methyl sites for hydroxylation is 1. The van der Waals surface area contributed by atoms with Crippen LogP contribution in [0.2, 0.25) is 0 Å². The van der Waals surface area contributed by atoms with E-state index in [4.69, 9.17) is 4.74 Å². The molecule has 0 radical (unpaired) electrons. The highest BCUT2D eigenvalue weighted by Gasteiger charge is 2.26. The molecule has 2 rings (SSSR count). The Labute approximate surface area is 149 Å². The van der Waals surface area contributed by atoms with E-state index in [-0.39, 0.29) is 11.9 Å². The summed E-state index contributed by atoms with van der Waals surface area (Å²) in [5.74, 6) is 0.638. The van der Waals surface area contributed by atoms with Gasteiger partial charge >= 0.3 is 6.03 Å². The molecule has 25 heavy (non-hydrogen) atoms. The van der Waals surface area contributed by atoms with E-state index in [2.05, 4.69) is 33.4 Å². The molecule has 0 saturated carbocycles. The molecule has 7 nitrogen and oxygen atoms in total. The van der Waals surface area contributed by atoms with Crippen LogP contribution in [0.5, 0.6) is 5.75 Å². The molecule has 0 bridgehead atoms. The Kier molecular flexibility index (Phi) is 6.78. The molecular weight excluding hydrogens is 320 g/mol. The monoisotopic (exact) mass is 348 g/mol. The van der Waals surface area contributed by atoms with E-state index in [1.165, 1.54) is 18.2 Å². The third-order valence-corrected chi connectivity index (χ3v) is 4.63. The number of hydrogen-bond acceptors (Lipinski definition) is 5. The number of nitrogens with zero attached hydrogens (tertiary/aromatic N) is 2. The van der Waals surface area contributed by atoms with Crippen LogP contribution < -0.4 is 15.4 Å². The Morgan fingerprint density at radius 2 is 1.92 bits per heavy atom. The molecule has 1 aromatic rings. The average Bonchev–Trinajstić information content (AvgIpc) is 2.61. The fourth-order valence-electron chi connectivity index (χ4n) is 3.03. The zero-order valence-electron chi connectivity index (χ0n) is 15.5. The van der Waals surface area contributed by atoms with Crippen LogP contribution in [0.25, 0.3) is 0 Å². The van der Waals surface area contributed by atoms with Gasteiger partial charge < -0.3 is 10.1 Å². The lowest BCUT2D eigenvalue weighted by atomic mass is 10.1. The summed E-state index contributed by atoms with van der Waals surface area (Å²) < 4.78 is 5.45. The first-order valence-corrected chi connectivity index (χ1v) is 8.57. The normalized spacial score (nSPS) is 17.0. The summed E-state index contributed by atoms with van der Waals surface area (Å²) in [6.45, 7) is 8.05. The number of carbonyl (C=O) groups excluding carboxylic acids is 2. The molecule has 1 aromatic carbocycles. The van der Waals surface area contributed by atoms with E-state index in [0.717, 1.165) is 38.5 Å². The van der Waals surface area contributed by atoms with Crippen LogP contribution >= 0.6 is 0 Å². The molecule has 3 amide bonds. The largest absolute Gasteiger partial charge is 0.496 e. The quantitative estimate of drug-likeness (QED) is 0.829. The number of benzene rings is 1. The van der Waals surface area contributed by atoms with Gasteiger partial charge in [-0.1, -0.05) is 17.7 Å². The lowest BCUT2D eigenvalue weighted by molar-refractivity contribution is -0.125. The Morgan fingerprint density at radius 3 is 2.52 bits per heavy atom. The maximum Gasteiger partial charge on any atom is 0.321 e. The van der Waals surface area contributed by atoms with Crippen molar-refractivity contribution in [3.8, 4) is 5.75 Å². The number of methoxy groups -OCH3 is 1. The van der Waals surface area contributed by atoms with Crippen molar-refractivity contribution in [1.82, 2.24) is 20.4 Å². The molecule has 1 saturated heterocycles. The van der Waals surface area contributed by atoms with Gasteiger partial charge in [-0.25, -0.2) is 4.79 Å². The highest BCUT2D eigenvalue weighted by Crippen LogP contribution is 2.22. The van der Waals surface area contributed by atoms with Crippen molar-refractivity contribution in [2.24, 2.45) is 0 Å². The molecule has 1 heterocycles. The number of imide groups is 1. The first-order valence-electron chi connectivity index (χ1n) is 8.57. The van der Waals surface area contributed by atoms with Crippen LogP contribution in [0.1, 0.15) is 18.1 Å². The number of nitrogens with one attached hydrogen (secondary N) is 2. The van der Waals surface area contributed by atoms with Crippen LogP contribution in [0.4, 0.5) is 4.79 Å². The summed E-state index contributed by atoms with van der Waals surface area (Å²) in [5, 5.41) is 4.73. The van der Waals surface area contributed by atoms with Crippen molar-refractivity contribution in [3.05, 3.63) is 29.3 Å². The molecule has 0 unspecified atom stereocenters. The van der Waals surface area contributed by atoms with E-state index in [9.17, 15) is 9.59 Å². The standard InChI is InChI=1S/C18H28N4O3/c1-13-5-6-16(25-4)15(11-13)12-21-7-9-22(10-8-21)14(2)17(23)20-18(24)19-3/h5-6,11,14H,7-10,12H2,1-4H3,(H2,19,20,23,24)/t14-/m0/s1. The number of urea groups is 1. The van der Waals surface area contributed by atoms with Gasteiger partial charge in [-0.2, -0.15) is 0 Å². The first kappa shape index (κ1) is 19.2. The molecule has 1 fully saturated rings. The zero-order chi connectivity index (χ0) is 18.4. The second kappa shape index (κ2) is 8.82. The molecule has 138 valence electrons. The Hall–Kier alpha value is -2.12. The van der Waals surface area contributed by atoms with Crippen LogP contribution in [-0.4, -0.2) is 68.1 Å². The van der Waals surface area contributed by atoms with E-state index < -0.39 is 6.03 Å². The van der Waals surface area contributed by atoms with E-state index in [1.807, 2.05) is 19.1 Å². The number of amides is 3. The highest BCUT2D eigenvalue weighted by molar-refractivity contribution is 5.96. The van der Waals surface area contributed by atoms with E-state index in [0.29, 0.717) is 0 Å². The minimum absolute atomic E-state index is 0.270. The molecular formula is C18H28N4O3. The Balaban J connectivity index is 1.88. The van der Waals surface area contributed by atoms with Gasteiger partial charge in [-0.05, 0) is 19.9 Å². The van der Waals surface area contributed by atoms with Gasteiger partial charge in [-0.3, -0.25) is 19.9 Å². The topological polar surface area (TPSA) is 73.9 Å². The van der Waals surface area contributed by atoms with Gasteiger partial charge in [0.1, 0.15) is 5.75 Å². The first-order chi connectivity index (χ1) is 11.9. The number of piperazine rings is 1. The molecule has 1 aliphatic heterocycles. The van der Waals surface area contributed by atoms with Gasteiger partial charge in [0.25, 0.3) is 0 Å². The maximum atomic E-state index is 12.1. The molecule has 1 atom stereocenters. The molecule has 0 spiro atoms. The fourth-order valence-corrected chi connectivity index (χ4v) is 3.03. The molecule has 7 heteroatoms. The summed E-state index contributed by atoms with van der Waals surface area (Å²) >= 11 is 0. The summed E-state index contributed by atoms with van der Waals surface area (Å²) in [7, 11) is 3.18. The number of hydrogen-bond donors (Lipinski definition) is 2. The zero-order valence-corrected chi connectivity index (χ0v) is 15.5. The van der Waals surface area contributed by atoms with Gasteiger partial charge in [0.15, 0.2) is 0 Å². The van der Waals surface area contributed by atoms with Crippen LogP contribution in [0, 0.1) is 6.92 Å². The summed E-state index contributed by atoms with van der Waals surface area (Å²) in [5.41, 5.74) is 2.40. The van der Waals surface area contributed by atoms with Crippen molar-refractivity contribution in [1.29, 1.82) is 0 Å². The van der Waals surface area contributed by atoms with E-state index in [1.54, 1.807) is 7.11 Å². The second-order valence-electron chi connectivity index (χ2n) is 6.37. The predicted octanol–water partition coefficient (Wildman–Crippen LogP) is 0.965. The van der Waals surface area contributed by atoms with Crippen LogP contribution in [0.3, 0.4) is 0 Å². The Morgan fingerprint density at radius 1 is 1.24 bits per heavy atom. The summed E-state index contributed by atoms with van der Waals surface area (Å²) in [6.07, 6.45) is 0. The van der Waals surface area contributed by atoms with Crippen molar-refractivity contribution in [2.75, 3.05) is 40.3 Å². The Bertz CT molecular complexity index is 612. The van der Waals surface area contributed by atoms with Gasteiger partial charge in [-0.15, -0.1) is 0 Å². The maximum absolute atomic E-state index is 12.1. The van der Waals surface area contributed by atoms with Crippen LogP contribution in [0.15, 0.2) is 18.2 Å².